The Bertz CT molecular complexity index is 716. The van der Waals surface area contributed by atoms with E-state index in [2.05, 4.69) is 40.9 Å². The highest BCUT2D eigenvalue weighted by Gasteiger charge is 2.26. The molecule has 0 atom stereocenters. The van der Waals surface area contributed by atoms with Gasteiger partial charge in [0, 0.05) is 22.8 Å². The van der Waals surface area contributed by atoms with Gasteiger partial charge in [0.1, 0.15) is 11.4 Å². The zero-order chi connectivity index (χ0) is 18.5. The number of nitrogens with zero attached hydrogens (tertiary/aromatic N) is 1. The maximum Gasteiger partial charge on any atom is 0.176 e. The Kier molecular flexibility index (Phi) is 6.38. The minimum absolute atomic E-state index is 0.0264. The molecule has 0 aromatic heterocycles. The molecule has 0 radical (unpaired) electrons. The van der Waals surface area contributed by atoms with E-state index in [1.807, 2.05) is 32.0 Å². The number of aliphatic hydroxyl groups is 1. The Hall–Kier alpha value is -2.52. The number of benzene rings is 1. The number of quaternary nitrogens is 1. The molecule has 1 aliphatic heterocycles. The summed E-state index contributed by atoms with van der Waals surface area (Å²) in [4.78, 5) is 0. The van der Waals surface area contributed by atoms with Crippen LogP contribution in [0.25, 0.3) is 5.57 Å². The number of ether oxygens (including phenoxy) is 1. The SMILES string of the molecule is C=C/C=C(\C=C)C1=C(O)C(=C)c2ccc([N+](C)(C)C)cc2O1.CC. The number of hydrogen-bond donors (Lipinski definition) is 1. The van der Waals surface area contributed by atoms with Gasteiger partial charge in [0.05, 0.1) is 21.1 Å². The van der Waals surface area contributed by atoms with Crippen molar-refractivity contribution >= 4 is 11.3 Å². The van der Waals surface area contributed by atoms with E-state index in [1.165, 1.54) is 0 Å². The van der Waals surface area contributed by atoms with Crippen molar-refractivity contribution in [3.8, 4) is 5.75 Å². The summed E-state index contributed by atoms with van der Waals surface area (Å²) in [6.45, 7) is 15.4. The lowest BCUT2D eigenvalue weighted by molar-refractivity contribution is 0.351. The van der Waals surface area contributed by atoms with Gasteiger partial charge in [-0.15, -0.1) is 0 Å². The second kappa shape index (κ2) is 7.84. The molecule has 0 fully saturated rings. The molecule has 0 aliphatic carbocycles. The van der Waals surface area contributed by atoms with Gasteiger partial charge in [-0.05, 0) is 12.1 Å². The predicted octanol–water partition coefficient (Wildman–Crippen LogP) is 5.38. The molecule has 3 nitrogen and oxygen atoms in total. The fraction of sp³-hybridized carbons (Fsp3) is 0.238. The van der Waals surface area contributed by atoms with Crippen LogP contribution in [0.4, 0.5) is 5.69 Å². The van der Waals surface area contributed by atoms with Crippen molar-refractivity contribution in [1.29, 1.82) is 0 Å². The van der Waals surface area contributed by atoms with Gasteiger partial charge in [-0.25, -0.2) is 0 Å². The first kappa shape index (κ1) is 19.5. The van der Waals surface area contributed by atoms with Crippen LogP contribution in [0.3, 0.4) is 0 Å². The highest BCUT2D eigenvalue weighted by Crippen LogP contribution is 2.41. The first-order valence-corrected chi connectivity index (χ1v) is 8.02. The van der Waals surface area contributed by atoms with Gasteiger partial charge < -0.3 is 9.84 Å². The average Bonchev–Trinajstić information content (AvgIpc) is 2.56. The molecule has 1 aliphatic rings. The molecule has 1 aromatic carbocycles. The fourth-order valence-electron chi connectivity index (χ4n) is 2.24. The largest absolute Gasteiger partial charge is 0.504 e. The maximum absolute atomic E-state index is 10.4. The average molecular weight is 326 g/mol. The maximum atomic E-state index is 10.4. The van der Waals surface area contributed by atoms with E-state index >= 15 is 0 Å². The zero-order valence-corrected chi connectivity index (χ0v) is 15.4. The third-order valence-corrected chi connectivity index (χ3v) is 3.56. The van der Waals surface area contributed by atoms with Gasteiger partial charge in [0.2, 0.25) is 0 Å². The standard InChI is InChI=1S/C19H21NO2.C2H6/c1-7-9-14(8-2)19-18(21)13(3)16-11-10-15(20(4,5)6)12-17(16)22-19;1-2/h7-12H,1-3H2,4-6H3;1-2H3/p+1/b14-9+;. The van der Waals surface area contributed by atoms with Gasteiger partial charge >= 0.3 is 0 Å². The Morgan fingerprint density at radius 1 is 1.17 bits per heavy atom. The lowest BCUT2D eigenvalue weighted by atomic mass is 9.98. The van der Waals surface area contributed by atoms with Gasteiger partial charge in [-0.1, -0.05) is 51.8 Å². The number of aliphatic hydroxyl groups excluding tert-OH is 1. The van der Waals surface area contributed by atoms with Crippen LogP contribution in [-0.4, -0.2) is 26.2 Å². The lowest BCUT2D eigenvalue weighted by Gasteiger charge is -2.27. The number of fused-ring (bicyclic) bond motifs is 1. The van der Waals surface area contributed by atoms with Crippen LogP contribution in [0, 0.1) is 0 Å². The lowest BCUT2D eigenvalue weighted by Crippen LogP contribution is -2.34. The summed E-state index contributed by atoms with van der Waals surface area (Å²) in [5.74, 6) is 1.06. The molecular formula is C21H28NO2+. The fourth-order valence-corrected chi connectivity index (χ4v) is 2.24. The van der Waals surface area contributed by atoms with Gasteiger partial charge in [0.25, 0.3) is 0 Å². The molecule has 1 heterocycles. The number of rotatable bonds is 4. The van der Waals surface area contributed by atoms with E-state index in [0.29, 0.717) is 27.1 Å². The third kappa shape index (κ3) is 3.87. The second-order valence-electron chi connectivity index (χ2n) is 6.01. The van der Waals surface area contributed by atoms with Crippen LogP contribution in [0.2, 0.25) is 0 Å². The summed E-state index contributed by atoms with van der Waals surface area (Å²) in [6.07, 6.45) is 4.98. The summed E-state index contributed by atoms with van der Waals surface area (Å²) in [5.41, 5.74) is 3.09. The summed E-state index contributed by atoms with van der Waals surface area (Å²) < 4.78 is 6.60. The van der Waals surface area contributed by atoms with E-state index in [0.717, 1.165) is 11.3 Å². The molecule has 3 heteroatoms. The van der Waals surface area contributed by atoms with Crippen LogP contribution in [-0.2, 0) is 0 Å². The molecule has 24 heavy (non-hydrogen) atoms. The molecule has 0 saturated heterocycles. The molecule has 2 rings (SSSR count). The van der Waals surface area contributed by atoms with E-state index in [9.17, 15) is 5.11 Å². The van der Waals surface area contributed by atoms with E-state index in [-0.39, 0.29) is 5.76 Å². The Balaban J connectivity index is 0.00000139. The van der Waals surface area contributed by atoms with Crippen molar-refractivity contribution in [3.63, 3.8) is 0 Å². The summed E-state index contributed by atoms with van der Waals surface area (Å²) in [5, 5.41) is 10.4. The van der Waals surface area contributed by atoms with E-state index < -0.39 is 0 Å². The van der Waals surface area contributed by atoms with Crippen molar-refractivity contribution in [2.45, 2.75) is 13.8 Å². The quantitative estimate of drug-likeness (QED) is 0.594. The highest BCUT2D eigenvalue weighted by atomic mass is 16.5. The topological polar surface area (TPSA) is 29.5 Å². The van der Waals surface area contributed by atoms with Crippen LogP contribution in [0.5, 0.6) is 5.75 Å². The van der Waals surface area contributed by atoms with Crippen molar-refractivity contribution in [2.75, 3.05) is 21.1 Å². The van der Waals surface area contributed by atoms with Crippen LogP contribution in [0.15, 0.2) is 73.3 Å². The molecule has 0 spiro atoms. The molecule has 1 aromatic rings. The number of allylic oxidation sites excluding steroid dienone is 4. The molecule has 128 valence electrons. The Morgan fingerprint density at radius 2 is 1.79 bits per heavy atom. The minimum Gasteiger partial charge on any atom is -0.504 e. The first-order chi connectivity index (χ1) is 11.3. The zero-order valence-electron chi connectivity index (χ0n) is 15.4. The molecule has 0 saturated carbocycles. The monoisotopic (exact) mass is 326 g/mol. The molecule has 0 amide bonds. The van der Waals surface area contributed by atoms with Crippen LogP contribution >= 0.6 is 0 Å². The highest BCUT2D eigenvalue weighted by molar-refractivity contribution is 5.83. The smallest absolute Gasteiger partial charge is 0.176 e. The van der Waals surface area contributed by atoms with Crippen molar-refractivity contribution < 1.29 is 9.84 Å². The number of hydrogen-bond acceptors (Lipinski definition) is 2. The van der Waals surface area contributed by atoms with Crippen molar-refractivity contribution in [3.05, 3.63) is 78.8 Å². The normalized spacial score (nSPS) is 14.2. The van der Waals surface area contributed by atoms with Gasteiger partial charge in [-0.3, -0.25) is 4.48 Å². The van der Waals surface area contributed by atoms with Gasteiger partial charge in [-0.2, -0.15) is 0 Å². The first-order valence-electron chi connectivity index (χ1n) is 8.02. The Morgan fingerprint density at radius 3 is 2.29 bits per heavy atom. The molecule has 0 unspecified atom stereocenters. The molecule has 0 bridgehead atoms. The van der Waals surface area contributed by atoms with Crippen LogP contribution in [0.1, 0.15) is 19.4 Å². The van der Waals surface area contributed by atoms with Gasteiger partial charge in [0.15, 0.2) is 11.5 Å². The third-order valence-electron chi connectivity index (χ3n) is 3.56. The Labute approximate surface area is 145 Å². The molecular weight excluding hydrogens is 298 g/mol. The van der Waals surface area contributed by atoms with Crippen molar-refractivity contribution in [2.24, 2.45) is 0 Å². The van der Waals surface area contributed by atoms with E-state index in [4.69, 9.17) is 4.74 Å². The van der Waals surface area contributed by atoms with Crippen molar-refractivity contribution in [1.82, 2.24) is 4.48 Å². The summed E-state index contributed by atoms with van der Waals surface area (Å²) in [7, 11) is 6.25. The minimum atomic E-state index is 0.0264. The summed E-state index contributed by atoms with van der Waals surface area (Å²) >= 11 is 0. The molecule has 1 N–H and O–H groups in total. The van der Waals surface area contributed by atoms with Crippen LogP contribution < -0.4 is 9.22 Å². The second-order valence-corrected chi connectivity index (χ2v) is 6.01. The predicted molar refractivity (Wildman–Crippen MR) is 105 cm³/mol. The van der Waals surface area contributed by atoms with E-state index in [1.54, 1.807) is 18.2 Å². The summed E-state index contributed by atoms with van der Waals surface area (Å²) in [6, 6.07) is 5.91.